The molecule has 0 rings (SSSR count). The summed E-state index contributed by atoms with van der Waals surface area (Å²) in [6, 6.07) is 0. The van der Waals surface area contributed by atoms with Gasteiger partial charge in [0.1, 0.15) is 0 Å². The number of rotatable bonds is 6. The first-order valence-corrected chi connectivity index (χ1v) is 6.69. The van der Waals surface area contributed by atoms with Crippen LogP contribution in [0.25, 0.3) is 0 Å². The number of hydrogen-bond acceptors (Lipinski definition) is 5. The van der Waals surface area contributed by atoms with Gasteiger partial charge in [0.25, 0.3) is 0 Å². The zero-order valence-electron chi connectivity index (χ0n) is 8.06. The number of hydrogen-bond donors (Lipinski definition) is 3. The summed E-state index contributed by atoms with van der Waals surface area (Å²) in [4.78, 5) is 25.1. The normalized spacial score (nSPS) is 15.8. The van der Waals surface area contributed by atoms with Crippen LogP contribution in [0.2, 0.25) is 0 Å². The van der Waals surface area contributed by atoms with Crippen molar-refractivity contribution >= 4 is 15.6 Å². The minimum absolute atomic E-state index is 0.235. The molecule has 0 aromatic heterocycles. The van der Waals surface area contributed by atoms with Crippen molar-refractivity contribution in [2.24, 2.45) is 0 Å². The highest BCUT2D eigenvalue weighted by molar-refractivity contribution is 7.49. The van der Waals surface area contributed by atoms with Gasteiger partial charge in [0.15, 0.2) is 0 Å². The van der Waals surface area contributed by atoms with Gasteiger partial charge in [-0.3, -0.25) is 4.52 Å². The fraction of sp³-hybridized carbons (Fsp3) is 0.600. The molecule has 0 radical (unpaired) electrons. The third-order valence-corrected chi connectivity index (χ3v) is 2.08. The zero-order chi connectivity index (χ0) is 12.1. The van der Waals surface area contributed by atoms with Crippen LogP contribution in [-0.2, 0) is 23.0 Å². The van der Waals surface area contributed by atoms with E-state index in [-0.39, 0.29) is 6.61 Å². The Morgan fingerprint density at radius 2 is 1.73 bits per heavy atom. The van der Waals surface area contributed by atoms with Crippen molar-refractivity contribution in [3.05, 3.63) is 11.6 Å². The van der Waals surface area contributed by atoms with Crippen molar-refractivity contribution in [2.75, 3.05) is 6.61 Å². The predicted octanol–water partition coefficient (Wildman–Crippen LogP) is 1.11. The van der Waals surface area contributed by atoms with E-state index in [9.17, 15) is 9.13 Å². The molecule has 15 heavy (non-hydrogen) atoms. The quantitative estimate of drug-likeness (QED) is 0.281. The molecule has 90 valence electrons. The van der Waals surface area contributed by atoms with E-state index in [1.165, 1.54) is 6.08 Å². The van der Waals surface area contributed by atoms with E-state index in [0.29, 0.717) is 0 Å². The lowest BCUT2D eigenvalue weighted by molar-refractivity contribution is -0.146. The number of phosphoric acid groups is 2. The highest BCUT2D eigenvalue weighted by Crippen LogP contribution is 2.49. The average Bonchev–Trinajstić information content (AvgIpc) is 1.99. The van der Waals surface area contributed by atoms with Crippen LogP contribution >= 0.6 is 15.6 Å². The van der Waals surface area contributed by atoms with Gasteiger partial charge >= 0.3 is 15.6 Å². The van der Waals surface area contributed by atoms with Crippen molar-refractivity contribution in [3.63, 3.8) is 0 Å². The minimum Gasteiger partial charge on any atom is -0.301 e. The summed E-state index contributed by atoms with van der Waals surface area (Å²) in [6.45, 7) is 3.23. The molecule has 0 aromatic rings. The van der Waals surface area contributed by atoms with Gasteiger partial charge in [0.05, 0.1) is 6.61 Å². The van der Waals surface area contributed by atoms with Crippen LogP contribution < -0.4 is 0 Å². The Morgan fingerprint density at radius 1 is 1.20 bits per heavy atom. The Hall–Kier alpha value is -0.0400. The molecule has 1 atom stereocenters. The van der Waals surface area contributed by atoms with Gasteiger partial charge in [-0.1, -0.05) is 11.6 Å². The SMILES string of the molecule is CC(C)=CCOP(=O)(O)OOP(=O)(O)O. The van der Waals surface area contributed by atoms with E-state index in [4.69, 9.17) is 14.7 Å². The van der Waals surface area contributed by atoms with E-state index in [2.05, 4.69) is 13.9 Å². The Kier molecular flexibility index (Phi) is 5.87. The summed E-state index contributed by atoms with van der Waals surface area (Å²) in [5, 5.41) is 0. The van der Waals surface area contributed by atoms with E-state index in [1.807, 2.05) is 0 Å². The van der Waals surface area contributed by atoms with Crippen LogP contribution in [0.1, 0.15) is 13.8 Å². The van der Waals surface area contributed by atoms with Crippen LogP contribution in [0.4, 0.5) is 0 Å². The fourth-order valence-corrected chi connectivity index (χ4v) is 1.40. The molecule has 0 aliphatic heterocycles. The molecule has 0 spiro atoms. The molecular formula is C5H12O8P2. The third-order valence-electron chi connectivity index (χ3n) is 0.954. The summed E-state index contributed by atoms with van der Waals surface area (Å²) < 4.78 is 32.2. The van der Waals surface area contributed by atoms with Crippen LogP contribution in [0.5, 0.6) is 0 Å². The van der Waals surface area contributed by atoms with Crippen molar-refractivity contribution < 1.29 is 37.7 Å². The Balaban J connectivity index is 4.04. The van der Waals surface area contributed by atoms with Gasteiger partial charge in [-0.05, 0) is 13.8 Å². The maximum atomic E-state index is 10.9. The maximum Gasteiger partial charge on any atom is 0.500 e. The molecule has 8 nitrogen and oxygen atoms in total. The Labute approximate surface area is 86.3 Å². The van der Waals surface area contributed by atoms with E-state index in [1.54, 1.807) is 13.8 Å². The monoisotopic (exact) mass is 262 g/mol. The van der Waals surface area contributed by atoms with Gasteiger partial charge in [0, 0.05) is 0 Å². The molecule has 1 unspecified atom stereocenters. The molecular weight excluding hydrogens is 250 g/mol. The molecule has 0 saturated carbocycles. The first-order chi connectivity index (χ1) is 6.62. The second-order valence-corrected chi connectivity index (χ2v) is 5.16. The second kappa shape index (κ2) is 5.89. The Bertz CT molecular complexity index is 313. The first kappa shape index (κ1) is 15.0. The number of phosphoric ester groups is 1. The number of allylic oxidation sites excluding steroid dienone is 1. The minimum atomic E-state index is -4.96. The van der Waals surface area contributed by atoms with Gasteiger partial charge in [-0.15, -0.1) is 9.35 Å². The summed E-state index contributed by atoms with van der Waals surface area (Å²) in [5.74, 6) is 0. The average molecular weight is 262 g/mol. The van der Waals surface area contributed by atoms with Crippen molar-refractivity contribution in [2.45, 2.75) is 13.8 Å². The lowest BCUT2D eigenvalue weighted by Crippen LogP contribution is -1.96. The highest BCUT2D eigenvalue weighted by atomic mass is 31.2. The molecule has 0 fully saturated rings. The van der Waals surface area contributed by atoms with Gasteiger partial charge in [-0.2, -0.15) is 0 Å². The Morgan fingerprint density at radius 3 is 2.13 bits per heavy atom. The van der Waals surface area contributed by atoms with Crippen LogP contribution in [-0.4, -0.2) is 21.3 Å². The lowest BCUT2D eigenvalue weighted by atomic mass is 10.3. The fourth-order valence-electron chi connectivity index (χ4n) is 0.405. The summed E-state index contributed by atoms with van der Waals surface area (Å²) >= 11 is 0. The van der Waals surface area contributed by atoms with Crippen molar-refractivity contribution in [1.82, 2.24) is 0 Å². The molecule has 0 aliphatic carbocycles. The van der Waals surface area contributed by atoms with Gasteiger partial charge in [-0.25, -0.2) is 9.13 Å². The third kappa shape index (κ3) is 10.2. The summed E-state index contributed by atoms with van der Waals surface area (Å²) in [5.41, 5.74) is 0.839. The standard InChI is InChI=1S/C5H12O8P2/c1-5(2)3-4-11-15(9,10)13-12-14(6,7)8/h3H,4H2,1-2H3,(H,9,10)(H2,6,7,8). The summed E-state index contributed by atoms with van der Waals surface area (Å²) in [6.07, 6.45) is 1.48. The maximum absolute atomic E-state index is 10.9. The lowest BCUT2D eigenvalue weighted by Gasteiger charge is -2.09. The zero-order valence-corrected chi connectivity index (χ0v) is 9.85. The topological polar surface area (TPSA) is 123 Å². The van der Waals surface area contributed by atoms with E-state index in [0.717, 1.165) is 5.57 Å². The molecule has 3 N–H and O–H groups in total. The molecule has 0 aliphatic rings. The van der Waals surface area contributed by atoms with E-state index < -0.39 is 15.6 Å². The van der Waals surface area contributed by atoms with Crippen molar-refractivity contribution in [3.8, 4) is 0 Å². The molecule has 0 saturated heterocycles. The van der Waals surface area contributed by atoms with Crippen LogP contribution in [0, 0.1) is 0 Å². The second-order valence-electron chi connectivity index (χ2n) is 2.69. The predicted molar refractivity (Wildman–Crippen MR) is 49.4 cm³/mol. The van der Waals surface area contributed by atoms with Crippen molar-refractivity contribution in [1.29, 1.82) is 0 Å². The highest BCUT2D eigenvalue weighted by Gasteiger charge is 2.28. The van der Waals surface area contributed by atoms with Gasteiger partial charge < -0.3 is 14.7 Å². The molecule has 0 heterocycles. The smallest absolute Gasteiger partial charge is 0.301 e. The van der Waals surface area contributed by atoms with E-state index >= 15 is 0 Å². The molecule has 0 amide bonds. The summed E-state index contributed by atoms with van der Waals surface area (Å²) in [7, 11) is -9.57. The molecule has 10 heteroatoms. The molecule has 0 bridgehead atoms. The first-order valence-electron chi connectivity index (χ1n) is 3.67. The van der Waals surface area contributed by atoms with Gasteiger partial charge in [0.2, 0.25) is 0 Å². The van der Waals surface area contributed by atoms with Crippen LogP contribution in [0.15, 0.2) is 11.6 Å². The molecule has 0 aromatic carbocycles. The largest absolute Gasteiger partial charge is 0.500 e. The van der Waals surface area contributed by atoms with Crippen LogP contribution in [0.3, 0.4) is 0 Å².